The van der Waals surface area contributed by atoms with Crippen LogP contribution in [0.4, 0.5) is 0 Å². The van der Waals surface area contributed by atoms with Gasteiger partial charge in [0.2, 0.25) is 0 Å². The third-order valence-electron chi connectivity index (χ3n) is 4.24. The Balaban J connectivity index is 0.00000441. The van der Waals surface area contributed by atoms with E-state index in [0.717, 1.165) is 51.0 Å². The lowest BCUT2D eigenvalue weighted by Gasteiger charge is -2.12. The van der Waals surface area contributed by atoms with Gasteiger partial charge in [-0.05, 0) is 32.1 Å². The standard InChI is InChI=1S/C17H35N3O.HI/c1-3-21-15-9-8-14-20-17(18-2)19-13-7-6-12-16-10-4-5-11-16;/h16H,3-15H2,1-2H3,(H2,18,19,20);1H. The average molecular weight is 425 g/mol. The zero-order chi connectivity index (χ0) is 15.2. The van der Waals surface area contributed by atoms with Gasteiger partial charge in [-0.25, -0.2) is 0 Å². The van der Waals surface area contributed by atoms with Gasteiger partial charge in [-0.2, -0.15) is 0 Å². The highest BCUT2D eigenvalue weighted by Gasteiger charge is 2.13. The van der Waals surface area contributed by atoms with Crippen molar-refractivity contribution in [2.75, 3.05) is 33.4 Å². The number of aliphatic imine (C=N–C) groups is 1. The summed E-state index contributed by atoms with van der Waals surface area (Å²) < 4.78 is 5.33. The second kappa shape index (κ2) is 15.8. The summed E-state index contributed by atoms with van der Waals surface area (Å²) in [4.78, 5) is 4.26. The van der Waals surface area contributed by atoms with Gasteiger partial charge in [0.05, 0.1) is 0 Å². The largest absolute Gasteiger partial charge is 0.382 e. The molecule has 132 valence electrons. The monoisotopic (exact) mass is 425 g/mol. The molecule has 2 N–H and O–H groups in total. The van der Waals surface area contributed by atoms with Crippen molar-refractivity contribution in [2.45, 2.75) is 64.7 Å². The third-order valence-corrected chi connectivity index (χ3v) is 4.24. The van der Waals surface area contributed by atoms with Crippen molar-refractivity contribution in [3.05, 3.63) is 0 Å². The molecule has 5 heteroatoms. The van der Waals surface area contributed by atoms with Gasteiger partial charge in [0.25, 0.3) is 0 Å². The van der Waals surface area contributed by atoms with Crippen LogP contribution in [0.3, 0.4) is 0 Å². The summed E-state index contributed by atoms with van der Waals surface area (Å²) in [5.74, 6) is 1.96. The van der Waals surface area contributed by atoms with Crippen molar-refractivity contribution in [2.24, 2.45) is 10.9 Å². The molecule has 0 unspecified atom stereocenters. The molecule has 0 aromatic heterocycles. The van der Waals surface area contributed by atoms with Gasteiger partial charge >= 0.3 is 0 Å². The fourth-order valence-electron chi connectivity index (χ4n) is 2.96. The van der Waals surface area contributed by atoms with Gasteiger partial charge in [0.1, 0.15) is 0 Å². The van der Waals surface area contributed by atoms with Gasteiger partial charge in [0.15, 0.2) is 5.96 Å². The number of rotatable bonds is 11. The van der Waals surface area contributed by atoms with E-state index in [9.17, 15) is 0 Å². The molecule has 0 aromatic rings. The van der Waals surface area contributed by atoms with E-state index in [-0.39, 0.29) is 24.0 Å². The second-order valence-corrected chi connectivity index (χ2v) is 5.98. The predicted molar refractivity (Wildman–Crippen MR) is 106 cm³/mol. The molecule has 0 amide bonds. The van der Waals surface area contributed by atoms with Gasteiger partial charge in [0, 0.05) is 33.4 Å². The Hall–Kier alpha value is -0.0400. The van der Waals surface area contributed by atoms with Gasteiger partial charge in [-0.15, -0.1) is 24.0 Å². The summed E-state index contributed by atoms with van der Waals surface area (Å²) in [5.41, 5.74) is 0. The lowest BCUT2D eigenvalue weighted by atomic mass is 10.0. The smallest absolute Gasteiger partial charge is 0.190 e. The van der Waals surface area contributed by atoms with Crippen LogP contribution in [0.15, 0.2) is 4.99 Å². The minimum Gasteiger partial charge on any atom is -0.382 e. The number of halogens is 1. The first-order valence-electron chi connectivity index (χ1n) is 8.89. The van der Waals surface area contributed by atoms with Crippen LogP contribution in [0.25, 0.3) is 0 Å². The van der Waals surface area contributed by atoms with Crippen LogP contribution in [0.1, 0.15) is 64.7 Å². The first-order chi connectivity index (χ1) is 10.4. The Morgan fingerprint density at radius 2 is 1.68 bits per heavy atom. The number of ether oxygens (including phenoxy) is 1. The average Bonchev–Trinajstić information content (AvgIpc) is 3.01. The molecule has 4 nitrogen and oxygen atoms in total. The van der Waals surface area contributed by atoms with Crippen LogP contribution < -0.4 is 10.6 Å². The van der Waals surface area contributed by atoms with Gasteiger partial charge < -0.3 is 15.4 Å². The number of hydrogen-bond acceptors (Lipinski definition) is 2. The molecule has 0 bridgehead atoms. The van der Waals surface area contributed by atoms with E-state index in [1.807, 2.05) is 14.0 Å². The maximum Gasteiger partial charge on any atom is 0.190 e. The molecular weight excluding hydrogens is 389 g/mol. The van der Waals surface area contributed by atoms with Crippen molar-refractivity contribution in [3.8, 4) is 0 Å². The Morgan fingerprint density at radius 1 is 1.05 bits per heavy atom. The van der Waals surface area contributed by atoms with Crippen molar-refractivity contribution in [1.82, 2.24) is 10.6 Å². The van der Waals surface area contributed by atoms with E-state index < -0.39 is 0 Å². The van der Waals surface area contributed by atoms with Gasteiger partial charge in [-0.1, -0.05) is 38.5 Å². The van der Waals surface area contributed by atoms with Crippen molar-refractivity contribution >= 4 is 29.9 Å². The molecular formula is C17H36IN3O. The van der Waals surface area contributed by atoms with Gasteiger partial charge in [-0.3, -0.25) is 4.99 Å². The molecule has 0 saturated heterocycles. The molecule has 1 fully saturated rings. The highest BCUT2D eigenvalue weighted by Crippen LogP contribution is 2.28. The second-order valence-electron chi connectivity index (χ2n) is 5.98. The normalized spacial score (nSPS) is 15.6. The number of unbranched alkanes of at least 4 members (excludes halogenated alkanes) is 2. The van der Waals surface area contributed by atoms with Crippen LogP contribution in [0.2, 0.25) is 0 Å². The summed E-state index contributed by atoms with van der Waals surface area (Å²) in [6.45, 7) is 5.72. The molecule has 0 atom stereocenters. The summed E-state index contributed by atoms with van der Waals surface area (Å²) in [7, 11) is 1.84. The lowest BCUT2D eigenvalue weighted by Crippen LogP contribution is -2.38. The number of hydrogen-bond donors (Lipinski definition) is 2. The minimum atomic E-state index is 0. The van der Waals surface area contributed by atoms with Crippen LogP contribution in [-0.2, 0) is 4.74 Å². The molecule has 0 heterocycles. The Bertz CT molecular complexity index is 269. The van der Waals surface area contributed by atoms with Crippen molar-refractivity contribution in [1.29, 1.82) is 0 Å². The van der Waals surface area contributed by atoms with Crippen molar-refractivity contribution < 1.29 is 4.74 Å². The van der Waals surface area contributed by atoms with E-state index in [1.165, 1.54) is 44.9 Å². The molecule has 1 aliphatic rings. The van der Waals surface area contributed by atoms with E-state index in [4.69, 9.17) is 4.74 Å². The highest BCUT2D eigenvalue weighted by molar-refractivity contribution is 14.0. The summed E-state index contributed by atoms with van der Waals surface area (Å²) in [5, 5.41) is 6.77. The molecule has 0 spiro atoms. The predicted octanol–water partition coefficient (Wildman–Crippen LogP) is 3.95. The topological polar surface area (TPSA) is 45.6 Å². The highest BCUT2D eigenvalue weighted by atomic mass is 127. The van der Waals surface area contributed by atoms with Crippen LogP contribution in [0.5, 0.6) is 0 Å². The third kappa shape index (κ3) is 11.5. The maximum absolute atomic E-state index is 5.33. The van der Waals surface area contributed by atoms with E-state index in [2.05, 4.69) is 15.6 Å². The Morgan fingerprint density at radius 3 is 2.27 bits per heavy atom. The Kier molecular flexibility index (Phi) is 15.8. The molecule has 1 saturated carbocycles. The zero-order valence-electron chi connectivity index (χ0n) is 14.5. The first kappa shape index (κ1) is 22.0. The molecule has 22 heavy (non-hydrogen) atoms. The Labute approximate surface area is 154 Å². The lowest BCUT2D eigenvalue weighted by molar-refractivity contribution is 0.143. The molecule has 0 radical (unpaired) electrons. The summed E-state index contributed by atoms with van der Waals surface area (Å²) in [6.07, 6.45) is 12.1. The molecule has 1 rings (SSSR count). The number of nitrogens with zero attached hydrogens (tertiary/aromatic N) is 1. The SMILES string of the molecule is CCOCCCCNC(=NC)NCCCCC1CCCC1.I. The maximum atomic E-state index is 5.33. The van der Waals surface area contributed by atoms with Crippen LogP contribution in [0, 0.1) is 5.92 Å². The molecule has 1 aliphatic carbocycles. The van der Waals surface area contributed by atoms with Crippen LogP contribution in [-0.4, -0.2) is 39.3 Å². The quantitative estimate of drug-likeness (QED) is 0.228. The molecule has 0 aromatic carbocycles. The zero-order valence-corrected chi connectivity index (χ0v) is 16.9. The van der Waals surface area contributed by atoms with E-state index >= 15 is 0 Å². The van der Waals surface area contributed by atoms with E-state index in [0.29, 0.717) is 0 Å². The summed E-state index contributed by atoms with van der Waals surface area (Å²) >= 11 is 0. The number of nitrogens with one attached hydrogen (secondary N) is 2. The fraction of sp³-hybridized carbons (Fsp3) is 0.941. The van der Waals surface area contributed by atoms with Crippen LogP contribution >= 0.6 is 24.0 Å². The molecule has 0 aliphatic heterocycles. The first-order valence-corrected chi connectivity index (χ1v) is 8.89. The fourth-order valence-corrected chi connectivity index (χ4v) is 2.96. The number of guanidine groups is 1. The van der Waals surface area contributed by atoms with E-state index in [1.54, 1.807) is 0 Å². The minimum absolute atomic E-state index is 0. The van der Waals surface area contributed by atoms with Crippen molar-refractivity contribution in [3.63, 3.8) is 0 Å². The summed E-state index contributed by atoms with van der Waals surface area (Å²) in [6, 6.07) is 0.